The molecule has 3 aromatic rings. The SMILES string of the molecule is CCOCc1ccccc1NC(=O)c1nn(-c2ccccc2F)c2c1CCC2. The van der Waals surface area contributed by atoms with E-state index in [0.29, 0.717) is 30.3 Å². The Hall–Kier alpha value is -2.99. The van der Waals surface area contributed by atoms with Crippen LogP contribution >= 0.6 is 0 Å². The molecule has 4 rings (SSSR count). The quantitative estimate of drug-likeness (QED) is 0.695. The van der Waals surface area contributed by atoms with E-state index in [1.807, 2.05) is 31.2 Å². The van der Waals surface area contributed by atoms with Crippen LogP contribution in [0.2, 0.25) is 0 Å². The van der Waals surface area contributed by atoms with Crippen molar-refractivity contribution in [3.8, 4) is 5.69 Å². The number of nitrogens with one attached hydrogen (secondary N) is 1. The van der Waals surface area contributed by atoms with Gasteiger partial charge in [0.1, 0.15) is 11.5 Å². The lowest BCUT2D eigenvalue weighted by Crippen LogP contribution is -2.16. The highest BCUT2D eigenvalue weighted by atomic mass is 19.1. The van der Waals surface area contributed by atoms with Crippen LogP contribution in [-0.2, 0) is 24.2 Å². The maximum absolute atomic E-state index is 14.3. The Balaban J connectivity index is 1.67. The molecular formula is C22H22FN3O2. The molecule has 0 fully saturated rings. The molecule has 0 radical (unpaired) electrons. The Morgan fingerprint density at radius 1 is 1.18 bits per heavy atom. The minimum atomic E-state index is -0.353. The van der Waals surface area contributed by atoms with Crippen molar-refractivity contribution in [2.45, 2.75) is 32.8 Å². The van der Waals surface area contributed by atoms with Crippen LogP contribution in [0.25, 0.3) is 5.69 Å². The van der Waals surface area contributed by atoms with Gasteiger partial charge in [-0.25, -0.2) is 9.07 Å². The van der Waals surface area contributed by atoms with Gasteiger partial charge in [-0.15, -0.1) is 0 Å². The van der Waals surface area contributed by atoms with Gasteiger partial charge in [-0.3, -0.25) is 4.79 Å². The summed E-state index contributed by atoms with van der Waals surface area (Å²) in [5.74, 6) is -0.633. The molecule has 28 heavy (non-hydrogen) atoms. The van der Waals surface area contributed by atoms with E-state index < -0.39 is 0 Å². The summed E-state index contributed by atoms with van der Waals surface area (Å²) in [6.45, 7) is 2.96. The summed E-state index contributed by atoms with van der Waals surface area (Å²) in [5.41, 5.74) is 4.16. The van der Waals surface area contributed by atoms with Crippen molar-refractivity contribution in [2.24, 2.45) is 0 Å². The molecule has 0 saturated heterocycles. The van der Waals surface area contributed by atoms with Crippen molar-refractivity contribution in [3.05, 3.63) is 76.9 Å². The highest BCUT2D eigenvalue weighted by Gasteiger charge is 2.28. The van der Waals surface area contributed by atoms with Gasteiger partial charge >= 0.3 is 0 Å². The summed E-state index contributed by atoms with van der Waals surface area (Å²) in [5, 5.41) is 7.44. The molecule has 144 valence electrons. The predicted octanol–water partition coefficient (Wildman–Crippen LogP) is 4.29. The van der Waals surface area contributed by atoms with Crippen LogP contribution in [0.15, 0.2) is 48.5 Å². The first-order valence-electron chi connectivity index (χ1n) is 9.51. The predicted molar refractivity (Wildman–Crippen MR) is 105 cm³/mol. The summed E-state index contributed by atoms with van der Waals surface area (Å²) in [4.78, 5) is 13.0. The fraction of sp³-hybridized carbons (Fsp3) is 0.273. The van der Waals surface area contributed by atoms with Crippen molar-refractivity contribution < 1.29 is 13.9 Å². The van der Waals surface area contributed by atoms with Crippen LogP contribution in [0.5, 0.6) is 0 Å². The van der Waals surface area contributed by atoms with Crippen molar-refractivity contribution in [1.29, 1.82) is 0 Å². The standard InChI is InChI=1S/C22H22FN3O2/c1-2-28-14-15-8-3-5-11-18(15)24-22(27)21-16-9-7-13-19(16)26(25-21)20-12-6-4-10-17(20)23/h3-6,8,10-12H,2,7,9,13-14H2,1H3,(H,24,27). The normalized spacial score (nSPS) is 12.8. The highest BCUT2D eigenvalue weighted by Crippen LogP contribution is 2.29. The molecule has 1 heterocycles. The van der Waals surface area contributed by atoms with Crippen LogP contribution in [-0.4, -0.2) is 22.3 Å². The molecule has 0 saturated carbocycles. The van der Waals surface area contributed by atoms with Crippen molar-refractivity contribution in [1.82, 2.24) is 9.78 Å². The van der Waals surface area contributed by atoms with Gasteiger partial charge < -0.3 is 10.1 Å². The third kappa shape index (κ3) is 3.43. The lowest BCUT2D eigenvalue weighted by atomic mass is 10.1. The third-order valence-corrected chi connectivity index (χ3v) is 4.95. The zero-order valence-electron chi connectivity index (χ0n) is 15.7. The minimum absolute atomic E-state index is 0.280. The molecule has 0 unspecified atom stereocenters. The number of fused-ring (bicyclic) bond motifs is 1. The van der Waals surface area contributed by atoms with Gasteiger partial charge in [-0.1, -0.05) is 30.3 Å². The van der Waals surface area contributed by atoms with E-state index in [4.69, 9.17) is 4.74 Å². The van der Waals surface area contributed by atoms with E-state index in [1.54, 1.807) is 22.9 Å². The van der Waals surface area contributed by atoms with Crippen LogP contribution in [0.3, 0.4) is 0 Å². The molecule has 0 spiro atoms. The molecule has 1 aliphatic rings. The fourth-order valence-corrected chi connectivity index (χ4v) is 3.60. The van der Waals surface area contributed by atoms with Crippen molar-refractivity contribution in [3.63, 3.8) is 0 Å². The molecule has 1 aromatic heterocycles. The summed E-state index contributed by atoms with van der Waals surface area (Å²) < 4.78 is 21.4. The summed E-state index contributed by atoms with van der Waals surface area (Å²) >= 11 is 0. The van der Waals surface area contributed by atoms with Crippen LogP contribution < -0.4 is 5.32 Å². The van der Waals surface area contributed by atoms with Crippen molar-refractivity contribution in [2.75, 3.05) is 11.9 Å². The Labute approximate surface area is 163 Å². The zero-order chi connectivity index (χ0) is 19.5. The van der Waals surface area contributed by atoms with Gasteiger partial charge in [0.15, 0.2) is 5.69 Å². The summed E-state index contributed by atoms with van der Waals surface area (Å²) in [7, 11) is 0. The Kier molecular flexibility index (Phi) is 5.21. The number of para-hydroxylation sites is 2. The van der Waals surface area contributed by atoms with Gasteiger partial charge in [0.05, 0.1) is 6.61 Å². The maximum Gasteiger partial charge on any atom is 0.276 e. The first-order valence-corrected chi connectivity index (χ1v) is 9.51. The number of hydrogen-bond donors (Lipinski definition) is 1. The number of hydrogen-bond acceptors (Lipinski definition) is 3. The van der Waals surface area contributed by atoms with E-state index in [1.165, 1.54) is 6.07 Å². The summed E-state index contributed by atoms with van der Waals surface area (Å²) in [6.07, 6.45) is 2.49. The lowest BCUT2D eigenvalue weighted by Gasteiger charge is -2.10. The second kappa shape index (κ2) is 7.94. The van der Waals surface area contributed by atoms with Gasteiger partial charge in [-0.2, -0.15) is 5.10 Å². The molecule has 0 atom stereocenters. The number of amides is 1. The molecule has 1 aliphatic carbocycles. The number of carbonyl (C=O) groups is 1. The Morgan fingerprint density at radius 3 is 2.79 bits per heavy atom. The molecule has 0 aliphatic heterocycles. The molecule has 5 nitrogen and oxygen atoms in total. The smallest absolute Gasteiger partial charge is 0.276 e. The molecule has 0 bridgehead atoms. The molecule has 6 heteroatoms. The molecule has 1 N–H and O–H groups in total. The fourth-order valence-electron chi connectivity index (χ4n) is 3.60. The van der Waals surface area contributed by atoms with E-state index >= 15 is 0 Å². The minimum Gasteiger partial charge on any atom is -0.377 e. The van der Waals surface area contributed by atoms with Gasteiger partial charge in [0.2, 0.25) is 0 Å². The number of halogens is 1. The van der Waals surface area contributed by atoms with E-state index in [2.05, 4.69) is 10.4 Å². The van der Waals surface area contributed by atoms with Crippen LogP contribution in [0, 0.1) is 5.82 Å². The first-order chi connectivity index (χ1) is 13.7. The number of rotatable bonds is 6. The number of benzene rings is 2. The average molecular weight is 379 g/mol. The van der Waals surface area contributed by atoms with Gasteiger partial charge in [0, 0.05) is 29.1 Å². The number of ether oxygens (including phenoxy) is 1. The topological polar surface area (TPSA) is 56.1 Å². The Bertz CT molecular complexity index is 1010. The number of aromatic nitrogens is 2. The lowest BCUT2D eigenvalue weighted by molar-refractivity contribution is 0.102. The Morgan fingerprint density at radius 2 is 1.96 bits per heavy atom. The molecule has 2 aromatic carbocycles. The molecular weight excluding hydrogens is 357 g/mol. The van der Waals surface area contributed by atoms with E-state index in [0.717, 1.165) is 36.1 Å². The highest BCUT2D eigenvalue weighted by molar-refractivity contribution is 6.04. The average Bonchev–Trinajstić information content (AvgIpc) is 3.30. The largest absolute Gasteiger partial charge is 0.377 e. The second-order valence-electron chi connectivity index (χ2n) is 6.74. The summed E-state index contributed by atoms with van der Waals surface area (Å²) in [6, 6.07) is 14.1. The number of carbonyl (C=O) groups excluding carboxylic acids is 1. The number of nitrogens with zero attached hydrogens (tertiary/aromatic N) is 2. The van der Waals surface area contributed by atoms with Gasteiger partial charge in [-0.05, 0) is 44.4 Å². The number of anilines is 1. The van der Waals surface area contributed by atoms with E-state index in [-0.39, 0.29) is 11.7 Å². The van der Waals surface area contributed by atoms with Crippen molar-refractivity contribution >= 4 is 11.6 Å². The maximum atomic E-state index is 14.3. The monoisotopic (exact) mass is 379 g/mol. The van der Waals surface area contributed by atoms with Crippen LogP contribution in [0.4, 0.5) is 10.1 Å². The van der Waals surface area contributed by atoms with E-state index in [9.17, 15) is 9.18 Å². The van der Waals surface area contributed by atoms with Crippen LogP contribution in [0.1, 0.15) is 40.7 Å². The van der Waals surface area contributed by atoms with Gasteiger partial charge in [0.25, 0.3) is 5.91 Å². The second-order valence-corrected chi connectivity index (χ2v) is 6.74. The third-order valence-electron chi connectivity index (χ3n) is 4.95. The zero-order valence-corrected chi connectivity index (χ0v) is 15.7. The first kappa shape index (κ1) is 18.4. The molecule has 1 amide bonds.